The molecule has 0 rings (SSSR count). The van der Waals surface area contributed by atoms with Gasteiger partial charge in [-0.05, 0) is 33.1 Å². The van der Waals surface area contributed by atoms with Crippen LogP contribution in [0.15, 0.2) is 17.3 Å². The molecule has 0 fully saturated rings. The smallest absolute Gasteiger partial charge is 0.0540 e. The van der Waals surface area contributed by atoms with E-state index < -0.39 is 0 Å². The lowest BCUT2D eigenvalue weighted by Crippen LogP contribution is -1.90. The van der Waals surface area contributed by atoms with Crippen molar-refractivity contribution in [1.82, 2.24) is 0 Å². The lowest BCUT2D eigenvalue weighted by Gasteiger charge is -1.97. The van der Waals surface area contributed by atoms with E-state index in [-0.39, 0.29) is 0 Å². The van der Waals surface area contributed by atoms with Crippen LogP contribution in [0.3, 0.4) is 0 Å². The number of allylic oxidation sites excluding steroid dienone is 1. The molecule has 0 aromatic heterocycles. The van der Waals surface area contributed by atoms with Gasteiger partial charge in [0.2, 0.25) is 0 Å². The first kappa shape index (κ1) is 9.21. The lowest BCUT2D eigenvalue weighted by atomic mass is 10.1. The van der Waals surface area contributed by atoms with Crippen LogP contribution in [0.25, 0.3) is 0 Å². The summed E-state index contributed by atoms with van der Waals surface area (Å²) in [5.41, 5.74) is 1.98. The van der Waals surface area contributed by atoms with Crippen LogP contribution < -0.4 is 0 Å². The van der Waals surface area contributed by atoms with E-state index >= 15 is 0 Å². The Kier molecular flexibility index (Phi) is 4.63. The van der Waals surface area contributed by atoms with Crippen molar-refractivity contribution in [1.29, 1.82) is 0 Å². The van der Waals surface area contributed by atoms with E-state index in [1.807, 2.05) is 13.8 Å². The molecule has 0 aliphatic rings. The Bertz CT molecular complexity index is 138. The fourth-order valence-electron chi connectivity index (χ4n) is 0.696. The molecule has 0 aromatic carbocycles. The zero-order valence-corrected chi connectivity index (χ0v) is 6.72. The number of nitrogens with zero attached hydrogens (tertiary/aromatic N) is 1. The summed E-state index contributed by atoms with van der Waals surface area (Å²) in [5, 5.41) is 11.3. The molecule has 10 heavy (non-hydrogen) atoms. The topological polar surface area (TPSA) is 32.6 Å². The second kappa shape index (κ2) is 5.03. The van der Waals surface area contributed by atoms with Crippen molar-refractivity contribution in [2.45, 2.75) is 33.1 Å². The van der Waals surface area contributed by atoms with Gasteiger partial charge in [-0.3, -0.25) is 0 Å². The molecule has 0 aliphatic heterocycles. The van der Waals surface area contributed by atoms with Crippen molar-refractivity contribution >= 4 is 5.71 Å². The lowest BCUT2D eigenvalue weighted by molar-refractivity contribution is 0.317. The number of oxime groups is 1. The molecule has 0 unspecified atom stereocenters. The van der Waals surface area contributed by atoms with Gasteiger partial charge in [0.05, 0.1) is 5.71 Å². The first-order chi connectivity index (χ1) is 4.66. The molecule has 0 radical (unpaired) electrons. The maximum atomic E-state index is 8.27. The molecule has 1 N–H and O–H groups in total. The minimum absolute atomic E-state index is 0.793. The van der Waals surface area contributed by atoms with Gasteiger partial charge in [-0.25, -0.2) is 0 Å². The summed E-state index contributed by atoms with van der Waals surface area (Å²) in [4.78, 5) is 0. The Labute approximate surface area is 62.2 Å². The molecule has 0 atom stereocenters. The molecule has 58 valence electrons. The summed E-state index contributed by atoms with van der Waals surface area (Å²) < 4.78 is 0. The van der Waals surface area contributed by atoms with Crippen LogP contribution >= 0.6 is 0 Å². The van der Waals surface area contributed by atoms with Gasteiger partial charge in [0.1, 0.15) is 0 Å². The molecule has 0 aromatic rings. The molecule has 0 saturated carbocycles. The summed E-state index contributed by atoms with van der Waals surface area (Å²) in [7, 11) is 0. The van der Waals surface area contributed by atoms with E-state index in [1.54, 1.807) is 0 Å². The Hall–Kier alpha value is -0.790. The van der Waals surface area contributed by atoms with Gasteiger partial charge in [0.25, 0.3) is 0 Å². The van der Waals surface area contributed by atoms with Crippen molar-refractivity contribution in [2.24, 2.45) is 5.16 Å². The molecular formula is C8H15NO. The van der Waals surface area contributed by atoms with Gasteiger partial charge in [0.15, 0.2) is 0 Å². The number of hydrogen-bond donors (Lipinski definition) is 1. The van der Waals surface area contributed by atoms with Crippen LogP contribution in [0.5, 0.6) is 0 Å². The minimum Gasteiger partial charge on any atom is -0.411 e. The third-order valence-corrected chi connectivity index (χ3v) is 1.31. The molecule has 0 aliphatic carbocycles. The van der Waals surface area contributed by atoms with Gasteiger partial charge in [-0.1, -0.05) is 10.7 Å². The minimum atomic E-state index is 0.793. The van der Waals surface area contributed by atoms with Crippen LogP contribution in [0, 0.1) is 0 Å². The van der Waals surface area contributed by atoms with Gasteiger partial charge in [-0.15, -0.1) is 6.58 Å². The number of rotatable bonds is 4. The van der Waals surface area contributed by atoms with Gasteiger partial charge in [0, 0.05) is 0 Å². The highest BCUT2D eigenvalue weighted by atomic mass is 16.4. The average molecular weight is 141 g/mol. The van der Waals surface area contributed by atoms with Crippen LogP contribution in [0.1, 0.15) is 33.1 Å². The Morgan fingerprint density at radius 2 is 2.00 bits per heavy atom. The zero-order chi connectivity index (χ0) is 7.98. The summed E-state index contributed by atoms with van der Waals surface area (Å²) in [6.45, 7) is 7.60. The van der Waals surface area contributed by atoms with Crippen molar-refractivity contribution in [3.63, 3.8) is 0 Å². The van der Waals surface area contributed by atoms with Crippen molar-refractivity contribution in [3.05, 3.63) is 12.2 Å². The molecule has 2 heteroatoms. The molecule has 0 bridgehead atoms. The maximum Gasteiger partial charge on any atom is 0.0540 e. The highest BCUT2D eigenvalue weighted by molar-refractivity contribution is 5.81. The quantitative estimate of drug-likeness (QED) is 0.277. The summed E-state index contributed by atoms with van der Waals surface area (Å²) in [5.74, 6) is 0. The fourth-order valence-corrected chi connectivity index (χ4v) is 0.696. The van der Waals surface area contributed by atoms with Crippen LogP contribution in [-0.4, -0.2) is 10.9 Å². The summed E-state index contributed by atoms with van der Waals surface area (Å²) in [6.07, 6.45) is 2.92. The van der Waals surface area contributed by atoms with Crippen molar-refractivity contribution in [3.8, 4) is 0 Å². The van der Waals surface area contributed by atoms with Crippen molar-refractivity contribution < 1.29 is 5.21 Å². The SMILES string of the molecule is C=C(C)CCC/C(C)=N\O. The Balaban J connectivity index is 3.29. The first-order valence-corrected chi connectivity index (χ1v) is 3.48. The number of hydrogen-bond acceptors (Lipinski definition) is 2. The average Bonchev–Trinajstić information content (AvgIpc) is 1.87. The fraction of sp³-hybridized carbons (Fsp3) is 0.625. The monoisotopic (exact) mass is 141 g/mol. The molecule has 0 amide bonds. The predicted octanol–water partition coefficient (Wildman–Crippen LogP) is 2.58. The standard InChI is InChI=1S/C8H15NO/c1-7(2)5-4-6-8(3)9-10/h10H,1,4-6H2,2-3H3/b9-8-. The third-order valence-electron chi connectivity index (χ3n) is 1.31. The van der Waals surface area contributed by atoms with Gasteiger partial charge < -0.3 is 5.21 Å². The Morgan fingerprint density at radius 3 is 2.40 bits per heavy atom. The van der Waals surface area contributed by atoms with Gasteiger partial charge in [-0.2, -0.15) is 0 Å². The highest BCUT2D eigenvalue weighted by Crippen LogP contribution is 2.04. The largest absolute Gasteiger partial charge is 0.411 e. The van der Waals surface area contributed by atoms with Gasteiger partial charge >= 0.3 is 0 Å². The van der Waals surface area contributed by atoms with Crippen LogP contribution in [0.4, 0.5) is 0 Å². The molecular weight excluding hydrogens is 126 g/mol. The first-order valence-electron chi connectivity index (χ1n) is 3.48. The normalized spacial score (nSPS) is 11.6. The molecule has 0 spiro atoms. The zero-order valence-electron chi connectivity index (χ0n) is 6.72. The second-order valence-corrected chi connectivity index (χ2v) is 2.65. The third kappa shape index (κ3) is 5.35. The second-order valence-electron chi connectivity index (χ2n) is 2.65. The summed E-state index contributed by atoms with van der Waals surface area (Å²) >= 11 is 0. The molecule has 2 nitrogen and oxygen atoms in total. The maximum absolute atomic E-state index is 8.27. The Morgan fingerprint density at radius 1 is 1.40 bits per heavy atom. The highest BCUT2D eigenvalue weighted by Gasteiger charge is 1.91. The van der Waals surface area contributed by atoms with E-state index in [0.29, 0.717) is 0 Å². The molecule has 0 heterocycles. The van der Waals surface area contributed by atoms with E-state index in [1.165, 1.54) is 5.57 Å². The van der Waals surface area contributed by atoms with Crippen molar-refractivity contribution in [2.75, 3.05) is 0 Å². The predicted molar refractivity (Wildman–Crippen MR) is 43.6 cm³/mol. The summed E-state index contributed by atoms with van der Waals surface area (Å²) in [6, 6.07) is 0. The van der Waals surface area contributed by atoms with E-state index in [2.05, 4.69) is 11.7 Å². The van der Waals surface area contributed by atoms with E-state index in [9.17, 15) is 0 Å². The van der Waals surface area contributed by atoms with E-state index in [0.717, 1.165) is 25.0 Å². The van der Waals surface area contributed by atoms with Crippen LogP contribution in [-0.2, 0) is 0 Å². The van der Waals surface area contributed by atoms with Crippen LogP contribution in [0.2, 0.25) is 0 Å². The van der Waals surface area contributed by atoms with E-state index in [4.69, 9.17) is 5.21 Å². The molecule has 0 saturated heterocycles.